The van der Waals surface area contributed by atoms with Crippen molar-refractivity contribution in [2.75, 3.05) is 5.32 Å². The summed E-state index contributed by atoms with van der Waals surface area (Å²) in [5, 5.41) is 12.8. The first kappa shape index (κ1) is 19.1. The van der Waals surface area contributed by atoms with E-state index in [1.807, 2.05) is 26.8 Å². The maximum Gasteiger partial charge on any atom is 0.226 e. The third kappa shape index (κ3) is 4.96. The topological polar surface area (TPSA) is 113 Å². The van der Waals surface area contributed by atoms with E-state index >= 15 is 0 Å². The normalized spacial score (nSPS) is 19.4. The molecule has 8 nitrogen and oxygen atoms in total. The van der Waals surface area contributed by atoms with E-state index in [0.717, 1.165) is 18.5 Å². The Morgan fingerprint density at radius 1 is 1.33 bits per heavy atom. The molecule has 0 radical (unpaired) electrons. The average molecular weight is 373 g/mol. The molecular weight excluding hydrogens is 346 g/mol. The van der Waals surface area contributed by atoms with E-state index in [0.29, 0.717) is 36.2 Å². The van der Waals surface area contributed by atoms with Gasteiger partial charge in [0.15, 0.2) is 11.7 Å². The molecule has 1 aliphatic rings. The Morgan fingerprint density at radius 3 is 2.70 bits per heavy atom. The molecule has 0 atom stereocenters. The first-order valence-electron chi connectivity index (χ1n) is 9.28. The highest BCUT2D eigenvalue weighted by Gasteiger charge is 2.32. The Kier molecular flexibility index (Phi) is 5.34. The van der Waals surface area contributed by atoms with E-state index in [1.54, 1.807) is 6.20 Å². The first-order chi connectivity index (χ1) is 12.7. The van der Waals surface area contributed by atoms with Gasteiger partial charge in [0.25, 0.3) is 0 Å². The summed E-state index contributed by atoms with van der Waals surface area (Å²) in [6.45, 7) is 7.63. The number of hydrogen-bond acceptors (Lipinski definition) is 5. The molecule has 1 aliphatic carbocycles. The predicted octanol–water partition coefficient (Wildman–Crippen LogP) is 2.65. The van der Waals surface area contributed by atoms with E-state index < -0.39 is 0 Å². The van der Waals surface area contributed by atoms with Gasteiger partial charge in [-0.3, -0.25) is 14.7 Å². The maximum absolute atomic E-state index is 12.2. The lowest BCUT2D eigenvalue weighted by Crippen LogP contribution is -2.42. The number of amides is 2. The van der Waals surface area contributed by atoms with Gasteiger partial charge in [-0.05, 0) is 12.8 Å². The molecule has 146 valence electrons. The second kappa shape index (κ2) is 7.54. The zero-order valence-corrected chi connectivity index (χ0v) is 16.3. The number of nitrogens with zero attached hydrogens (tertiary/aromatic N) is 2. The van der Waals surface area contributed by atoms with Crippen molar-refractivity contribution >= 4 is 17.6 Å². The zero-order valence-electron chi connectivity index (χ0n) is 16.3. The number of anilines is 1. The van der Waals surface area contributed by atoms with Crippen molar-refractivity contribution in [3.8, 4) is 0 Å². The summed E-state index contributed by atoms with van der Waals surface area (Å²) >= 11 is 0. The van der Waals surface area contributed by atoms with Gasteiger partial charge >= 0.3 is 0 Å². The third-order valence-corrected chi connectivity index (χ3v) is 4.64. The molecule has 2 aromatic rings. The van der Waals surface area contributed by atoms with Crippen LogP contribution in [0.4, 0.5) is 5.82 Å². The van der Waals surface area contributed by atoms with E-state index in [9.17, 15) is 9.59 Å². The summed E-state index contributed by atoms with van der Waals surface area (Å²) in [6.07, 6.45) is 4.25. The Bertz CT molecular complexity index is 811. The van der Waals surface area contributed by atoms with Gasteiger partial charge < -0.3 is 15.1 Å². The summed E-state index contributed by atoms with van der Waals surface area (Å²) in [4.78, 5) is 27.5. The highest BCUT2D eigenvalue weighted by atomic mass is 16.4. The number of carbonyl (C=O) groups excluding carboxylic acids is 2. The number of hydrogen-bond donors (Lipinski definition) is 3. The van der Waals surface area contributed by atoms with Crippen LogP contribution in [0.2, 0.25) is 0 Å². The predicted molar refractivity (Wildman–Crippen MR) is 100 cm³/mol. The van der Waals surface area contributed by atoms with Gasteiger partial charge in [-0.25, -0.2) is 4.98 Å². The Balaban J connectivity index is 1.44. The lowest BCUT2D eigenvalue weighted by Gasteiger charge is -2.34. The highest BCUT2D eigenvalue weighted by molar-refractivity contribution is 5.89. The smallest absolute Gasteiger partial charge is 0.226 e. The third-order valence-electron chi connectivity index (χ3n) is 4.64. The molecule has 1 fully saturated rings. The van der Waals surface area contributed by atoms with Gasteiger partial charge in [-0.2, -0.15) is 5.10 Å². The molecule has 8 heteroatoms. The van der Waals surface area contributed by atoms with Crippen LogP contribution in [0.1, 0.15) is 70.2 Å². The minimum absolute atomic E-state index is 0.00242. The summed E-state index contributed by atoms with van der Waals surface area (Å²) in [7, 11) is 0. The molecular formula is C19H27N5O3. The monoisotopic (exact) mass is 373 g/mol. The van der Waals surface area contributed by atoms with Gasteiger partial charge in [-0.15, -0.1) is 0 Å². The summed E-state index contributed by atoms with van der Waals surface area (Å²) in [5.74, 6) is 2.11. The molecule has 0 spiro atoms. The molecule has 27 heavy (non-hydrogen) atoms. The number of H-pyrrole nitrogens is 1. The molecule has 0 aliphatic heterocycles. The lowest BCUT2D eigenvalue weighted by atomic mass is 9.78. The largest absolute Gasteiger partial charge is 0.445 e. The Morgan fingerprint density at radius 2 is 2.07 bits per heavy atom. The fourth-order valence-corrected chi connectivity index (χ4v) is 3.10. The first-order valence-corrected chi connectivity index (χ1v) is 9.28. The van der Waals surface area contributed by atoms with Crippen LogP contribution in [0.5, 0.6) is 0 Å². The summed E-state index contributed by atoms with van der Waals surface area (Å²) < 4.78 is 5.70. The van der Waals surface area contributed by atoms with Gasteiger partial charge in [0.1, 0.15) is 5.76 Å². The van der Waals surface area contributed by atoms with Crippen LogP contribution in [0, 0.1) is 0 Å². The van der Waals surface area contributed by atoms with Crippen LogP contribution < -0.4 is 10.6 Å². The quantitative estimate of drug-likeness (QED) is 0.720. The Labute approximate surface area is 158 Å². The lowest BCUT2D eigenvalue weighted by molar-refractivity contribution is -0.120. The number of rotatable bonds is 6. The average Bonchev–Trinajstić information content (AvgIpc) is 3.17. The van der Waals surface area contributed by atoms with E-state index in [4.69, 9.17) is 4.42 Å². The van der Waals surface area contributed by atoms with Crippen molar-refractivity contribution in [3.63, 3.8) is 0 Å². The number of carbonyl (C=O) groups is 2. The fourth-order valence-electron chi connectivity index (χ4n) is 3.10. The van der Waals surface area contributed by atoms with Crippen molar-refractivity contribution in [1.82, 2.24) is 20.5 Å². The van der Waals surface area contributed by atoms with Crippen LogP contribution in [-0.2, 0) is 21.4 Å². The molecule has 2 aromatic heterocycles. The van der Waals surface area contributed by atoms with Crippen molar-refractivity contribution in [3.05, 3.63) is 29.6 Å². The molecule has 0 bridgehead atoms. The SMILES string of the molecule is CC(=O)NC1CC(c2cc(NC(=O)CCc3cnc(C(C)(C)C)o3)n[nH]2)C1. The minimum atomic E-state index is -0.146. The van der Waals surface area contributed by atoms with Crippen molar-refractivity contribution in [1.29, 1.82) is 0 Å². The van der Waals surface area contributed by atoms with Crippen LogP contribution in [-0.4, -0.2) is 33.0 Å². The van der Waals surface area contributed by atoms with Crippen LogP contribution >= 0.6 is 0 Å². The van der Waals surface area contributed by atoms with Crippen LogP contribution in [0.3, 0.4) is 0 Å². The number of oxazole rings is 1. The molecule has 2 heterocycles. The summed E-state index contributed by atoms with van der Waals surface area (Å²) in [6, 6.07) is 2.09. The second-order valence-corrected chi connectivity index (χ2v) is 8.20. The zero-order chi connectivity index (χ0) is 19.6. The molecule has 3 rings (SSSR count). The fraction of sp³-hybridized carbons (Fsp3) is 0.579. The van der Waals surface area contributed by atoms with Gasteiger partial charge in [0.05, 0.1) is 6.20 Å². The molecule has 2 amide bonds. The van der Waals surface area contributed by atoms with Gasteiger partial charge in [0, 0.05) is 48.9 Å². The molecule has 0 unspecified atom stereocenters. The Hall–Kier alpha value is -2.64. The van der Waals surface area contributed by atoms with Crippen molar-refractivity contribution < 1.29 is 14.0 Å². The maximum atomic E-state index is 12.2. The van der Waals surface area contributed by atoms with Crippen LogP contribution in [0.25, 0.3) is 0 Å². The van der Waals surface area contributed by atoms with E-state index in [2.05, 4.69) is 25.8 Å². The van der Waals surface area contributed by atoms with Crippen molar-refractivity contribution in [2.45, 2.75) is 70.8 Å². The number of aromatic amines is 1. The molecule has 0 aromatic carbocycles. The molecule has 0 saturated heterocycles. The molecule has 1 saturated carbocycles. The van der Waals surface area contributed by atoms with Gasteiger partial charge in [-0.1, -0.05) is 20.8 Å². The summed E-state index contributed by atoms with van der Waals surface area (Å²) in [5.41, 5.74) is 0.837. The minimum Gasteiger partial charge on any atom is -0.445 e. The standard InChI is InChI=1S/C19H27N5O3/c1-11(25)21-13-7-12(8-13)15-9-16(24-23-15)22-17(26)6-5-14-10-20-18(27-14)19(2,3)4/h9-10,12-13H,5-8H2,1-4H3,(H,21,25)(H2,22,23,24,26). The molecule has 3 N–H and O–H groups in total. The van der Waals surface area contributed by atoms with E-state index in [1.165, 1.54) is 6.92 Å². The second-order valence-electron chi connectivity index (χ2n) is 8.20. The van der Waals surface area contributed by atoms with Crippen LogP contribution in [0.15, 0.2) is 16.7 Å². The van der Waals surface area contributed by atoms with Gasteiger partial charge in [0.2, 0.25) is 11.8 Å². The number of aromatic nitrogens is 3. The highest BCUT2D eigenvalue weighted by Crippen LogP contribution is 2.36. The van der Waals surface area contributed by atoms with Crippen molar-refractivity contribution in [2.24, 2.45) is 0 Å². The number of nitrogens with one attached hydrogen (secondary N) is 3. The van der Waals surface area contributed by atoms with E-state index in [-0.39, 0.29) is 23.3 Å². The number of aryl methyl sites for hydroxylation is 1.